The zero-order valence-electron chi connectivity index (χ0n) is 7.65. The van der Waals surface area contributed by atoms with Crippen molar-refractivity contribution in [1.82, 2.24) is 0 Å². The Balaban J connectivity index is -0.0000000133. The Morgan fingerprint density at radius 3 is 1.08 bits per heavy atom. The van der Waals surface area contributed by atoms with E-state index in [1.807, 2.05) is 0 Å². The first kappa shape index (κ1) is 38.1. The average molecular weight is 215 g/mol. The molecule has 0 fully saturated rings. The zero-order valence-corrected chi connectivity index (χ0v) is 10.5. The smallest absolute Gasteiger partial charge is 0.652 e. The molecule has 6 nitrogen and oxygen atoms in total. The van der Waals surface area contributed by atoms with Crippen LogP contribution in [0.1, 0.15) is 6.92 Å². The summed E-state index contributed by atoms with van der Waals surface area (Å²) in [5.41, 5.74) is 0. The van der Waals surface area contributed by atoms with Crippen LogP contribution in [0.25, 0.3) is 0 Å². The van der Waals surface area contributed by atoms with Gasteiger partial charge in [-0.2, -0.15) is 6.92 Å². The van der Waals surface area contributed by atoms with E-state index in [0.717, 1.165) is 0 Å². The second kappa shape index (κ2) is 40.1. The van der Waals surface area contributed by atoms with Gasteiger partial charge in [-0.1, -0.05) is 0 Å². The maximum absolute atomic E-state index is 8.56. The summed E-state index contributed by atoms with van der Waals surface area (Å²) >= 11 is 0. The van der Waals surface area contributed by atoms with E-state index in [9.17, 15) is 0 Å². The summed E-state index contributed by atoms with van der Waals surface area (Å²) in [4.78, 5) is 16.9. The molecule has 2 N–H and O–H groups in total. The van der Waals surface area contributed by atoms with Crippen molar-refractivity contribution in [1.29, 1.82) is 0 Å². The standard InChI is InChI=1S/C2H5.2CH2O3.CH3.2Mg/c1-2;2*2-1(3)4;;;/h1H2,2H3;2*(H2,2,3,4);1H3;;/q-1;;;-1;2*+2/p-2. The van der Waals surface area contributed by atoms with E-state index in [2.05, 4.69) is 6.92 Å². The van der Waals surface area contributed by atoms with Crippen molar-refractivity contribution < 1.29 is 30.0 Å². The third kappa shape index (κ3) is 233000. The van der Waals surface area contributed by atoms with E-state index in [-0.39, 0.29) is 53.5 Å². The molecule has 0 bridgehead atoms. The van der Waals surface area contributed by atoms with Crippen molar-refractivity contribution in [3.8, 4) is 0 Å². The second-order valence-electron chi connectivity index (χ2n) is 0.533. The minimum Gasteiger partial charge on any atom is -0.652 e. The van der Waals surface area contributed by atoms with Gasteiger partial charge in [0.15, 0.2) is 0 Å². The number of carbonyl (C=O) groups excluding carboxylic acids is 1. The molecule has 0 saturated heterocycles. The fraction of sp³-hybridized carbons (Fsp3) is 0.200. The summed E-state index contributed by atoms with van der Waals surface area (Å²) in [6, 6.07) is 0. The predicted molar refractivity (Wildman–Crippen MR) is 45.0 cm³/mol. The van der Waals surface area contributed by atoms with Crippen LogP contribution in [0.3, 0.4) is 0 Å². The first-order valence-corrected chi connectivity index (χ1v) is 1.97. The summed E-state index contributed by atoms with van der Waals surface area (Å²) in [5, 5.41) is 30.6. The third-order valence-corrected chi connectivity index (χ3v) is 0. The molecule has 0 radical (unpaired) electrons. The molecule has 0 atom stereocenters. The molecule has 0 saturated carbocycles. The molecule has 70 valence electrons. The van der Waals surface area contributed by atoms with E-state index in [1.54, 1.807) is 6.92 Å². The van der Waals surface area contributed by atoms with Crippen LogP contribution in [0.15, 0.2) is 0 Å². The molecule has 0 unspecified atom stereocenters. The monoisotopic (exact) mass is 214 g/mol. The Morgan fingerprint density at radius 1 is 1.08 bits per heavy atom. The first-order valence-electron chi connectivity index (χ1n) is 1.97. The third-order valence-electron chi connectivity index (χ3n) is 0. The van der Waals surface area contributed by atoms with Gasteiger partial charge in [-0.25, -0.2) is 4.79 Å². The number of carboxylic acid groups (broad SMARTS) is 4. The largest absolute Gasteiger partial charge is 2.00 e. The summed E-state index contributed by atoms with van der Waals surface area (Å²) in [5.74, 6) is 0. The summed E-state index contributed by atoms with van der Waals surface area (Å²) in [6.07, 6.45) is -4.17. The fourth-order valence-corrected chi connectivity index (χ4v) is 0. The van der Waals surface area contributed by atoms with Gasteiger partial charge in [0.2, 0.25) is 0 Å². The van der Waals surface area contributed by atoms with Crippen LogP contribution >= 0.6 is 0 Å². The minimum absolute atomic E-state index is 0. The molecular formula is C5H10Mg2O6. The van der Waals surface area contributed by atoms with Crippen LogP contribution in [-0.2, 0) is 0 Å². The van der Waals surface area contributed by atoms with Gasteiger partial charge in [0.05, 0.1) is 0 Å². The van der Waals surface area contributed by atoms with E-state index in [0.29, 0.717) is 0 Å². The predicted octanol–water partition coefficient (Wildman–Crippen LogP) is -1.70. The molecular weight excluding hydrogens is 205 g/mol. The SMILES string of the molecule is O=C(O)O.O=C([O-])[O-].[CH2-]C.[CH3-].[Mg+2].[Mg+2]. The Hall–Kier alpha value is 0.0725. The van der Waals surface area contributed by atoms with Crippen LogP contribution in [0.4, 0.5) is 9.59 Å². The Morgan fingerprint density at radius 2 is 1.08 bits per heavy atom. The Labute approximate surface area is 109 Å². The quantitative estimate of drug-likeness (QED) is 0.367. The Kier molecular flexibility index (Phi) is 118. The van der Waals surface area contributed by atoms with Crippen molar-refractivity contribution >= 4 is 58.4 Å². The molecule has 0 heterocycles. The van der Waals surface area contributed by atoms with E-state index in [4.69, 9.17) is 30.0 Å². The average Bonchev–Trinajstić information content (AvgIpc) is 1.66. The van der Waals surface area contributed by atoms with Gasteiger partial charge >= 0.3 is 52.3 Å². The molecule has 0 aliphatic heterocycles. The van der Waals surface area contributed by atoms with Gasteiger partial charge in [0.25, 0.3) is 0 Å². The van der Waals surface area contributed by atoms with Crippen molar-refractivity contribution in [3.63, 3.8) is 0 Å². The van der Waals surface area contributed by atoms with Crippen LogP contribution in [0.2, 0.25) is 0 Å². The zero-order chi connectivity index (χ0) is 9.15. The van der Waals surface area contributed by atoms with Crippen molar-refractivity contribution in [3.05, 3.63) is 14.4 Å². The van der Waals surface area contributed by atoms with Crippen LogP contribution in [-0.4, -0.2) is 68.6 Å². The van der Waals surface area contributed by atoms with Crippen molar-refractivity contribution in [2.45, 2.75) is 6.92 Å². The van der Waals surface area contributed by atoms with Gasteiger partial charge in [-0.15, -0.1) is 0 Å². The number of hydrogen-bond donors (Lipinski definition) is 2. The minimum atomic E-state index is -2.33. The second-order valence-corrected chi connectivity index (χ2v) is 0.533. The molecule has 0 aromatic rings. The van der Waals surface area contributed by atoms with Gasteiger partial charge in [-0.05, 0) is 6.16 Å². The molecule has 0 aliphatic carbocycles. The normalized spacial score (nSPS) is 4.15. The fourth-order valence-electron chi connectivity index (χ4n) is 0. The van der Waals surface area contributed by atoms with Crippen molar-refractivity contribution in [2.24, 2.45) is 0 Å². The molecule has 0 aromatic heterocycles. The van der Waals surface area contributed by atoms with Crippen LogP contribution < -0.4 is 10.2 Å². The maximum atomic E-state index is 8.56. The molecule has 0 rings (SSSR count). The first-order chi connectivity index (χ1) is 4.46. The number of rotatable bonds is 0. The molecule has 0 aliphatic rings. The van der Waals surface area contributed by atoms with E-state index in [1.165, 1.54) is 0 Å². The van der Waals surface area contributed by atoms with E-state index >= 15 is 0 Å². The number of carbonyl (C=O) groups is 2. The number of hydrogen-bond acceptors (Lipinski definition) is 4. The van der Waals surface area contributed by atoms with Crippen LogP contribution in [0, 0.1) is 14.4 Å². The van der Waals surface area contributed by atoms with Gasteiger partial charge in [-0.3, -0.25) is 0 Å². The molecule has 0 spiro atoms. The molecule has 0 aromatic carbocycles. The summed E-state index contributed by atoms with van der Waals surface area (Å²) < 4.78 is 0. The molecule has 0 amide bonds. The summed E-state index contributed by atoms with van der Waals surface area (Å²) in [6.45, 7) is 5.00. The molecule has 8 heteroatoms. The summed E-state index contributed by atoms with van der Waals surface area (Å²) in [7, 11) is 0. The van der Waals surface area contributed by atoms with Gasteiger partial charge in [0, 0.05) is 0 Å². The molecule has 13 heavy (non-hydrogen) atoms. The maximum Gasteiger partial charge on any atom is 2.00 e. The van der Waals surface area contributed by atoms with Gasteiger partial charge < -0.3 is 39.6 Å². The van der Waals surface area contributed by atoms with E-state index < -0.39 is 12.3 Å². The Bertz CT molecular complexity index is 77.0. The van der Waals surface area contributed by atoms with Crippen LogP contribution in [0.5, 0.6) is 0 Å². The van der Waals surface area contributed by atoms with Gasteiger partial charge in [0.1, 0.15) is 0 Å². The topological polar surface area (TPSA) is 121 Å². The van der Waals surface area contributed by atoms with Crippen molar-refractivity contribution in [2.75, 3.05) is 0 Å².